The number of thiazole rings is 2. The van der Waals surface area contributed by atoms with E-state index in [9.17, 15) is 14.7 Å². The van der Waals surface area contributed by atoms with Gasteiger partial charge in [0, 0.05) is 38.7 Å². The highest BCUT2D eigenvalue weighted by Gasteiger charge is 2.51. The zero-order chi connectivity index (χ0) is 59.2. The smallest absolute Gasteiger partial charge is 0.410 e. The summed E-state index contributed by atoms with van der Waals surface area (Å²) in [5.74, 6) is 5.59. The number of carbonyl (C=O) groups is 2. The van der Waals surface area contributed by atoms with E-state index in [2.05, 4.69) is 93.2 Å². The molecule has 0 aliphatic heterocycles. The topological polar surface area (TPSA) is 163 Å². The lowest BCUT2D eigenvalue weighted by atomic mass is 10.2. The Labute approximate surface area is 492 Å². The molecule has 0 aliphatic carbocycles. The van der Waals surface area contributed by atoms with E-state index in [1.165, 1.54) is 35.5 Å². The van der Waals surface area contributed by atoms with Gasteiger partial charge in [-0.15, -0.1) is 21.5 Å². The summed E-state index contributed by atoms with van der Waals surface area (Å²) in [4.78, 5) is 40.5. The fourth-order valence-electron chi connectivity index (χ4n) is 9.13. The maximum atomic E-state index is 15.4. The molecule has 0 aliphatic rings. The van der Waals surface area contributed by atoms with E-state index >= 15 is 4.39 Å². The molecule has 0 spiro atoms. The first-order valence-corrected chi connectivity index (χ1v) is 34.9. The molecule has 0 radical (unpaired) electrons. The Morgan fingerprint density at radius 3 is 2.18 bits per heavy atom. The van der Waals surface area contributed by atoms with E-state index in [1.807, 2.05) is 66.4 Å². The molecule has 0 saturated carbocycles. The van der Waals surface area contributed by atoms with Gasteiger partial charge in [-0.25, -0.2) is 19.0 Å². The molecule has 0 fully saturated rings. The number of para-hydroxylation sites is 1. The van der Waals surface area contributed by atoms with Crippen molar-refractivity contribution in [1.29, 1.82) is 0 Å². The summed E-state index contributed by atoms with van der Waals surface area (Å²) in [6, 6.07) is 36.3. The molecule has 7 aromatic rings. The lowest BCUT2D eigenvalue weighted by Crippen LogP contribution is -2.68. The van der Waals surface area contributed by atoms with E-state index in [1.54, 1.807) is 45.2 Å². The molecule has 3 heterocycles. The van der Waals surface area contributed by atoms with Crippen molar-refractivity contribution < 1.29 is 42.5 Å². The Bertz CT molecular complexity index is 3360. The lowest BCUT2D eigenvalue weighted by molar-refractivity contribution is 0.0320. The predicted molar refractivity (Wildman–Crippen MR) is 331 cm³/mol. The first-order valence-electron chi connectivity index (χ1n) is 27.7. The van der Waals surface area contributed by atoms with Gasteiger partial charge in [-0.2, -0.15) is 4.99 Å². The number of nitrogens with zero attached hydrogens (tertiary/aromatic N) is 7. The van der Waals surface area contributed by atoms with Crippen LogP contribution in [0.1, 0.15) is 87.3 Å². The first-order chi connectivity index (χ1) is 39.0. The molecule has 82 heavy (non-hydrogen) atoms. The molecule has 1 N–H and O–H groups in total. The number of aromatic nitrogens is 4. The number of fused-ring (bicyclic) bond motifs is 1. The number of methoxy groups -OCH3 is 1. The van der Waals surface area contributed by atoms with Crippen LogP contribution in [-0.2, 0) is 31.8 Å². The number of esters is 1. The number of anilines is 2. The molecule has 15 nitrogen and oxygen atoms in total. The van der Waals surface area contributed by atoms with Crippen molar-refractivity contribution in [1.82, 2.24) is 24.6 Å². The summed E-state index contributed by atoms with van der Waals surface area (Å²) in [7, 11) is -1.43. The Morgan fingerprint density at radius 2 is 1.56 bits per heavy atom. The van der Waals surface area contributed by atoms with Crippen molar-refractivity contribution in [3.8, 4) is 17.6 Å². The van der Waals surface area contributed by atoms with Crippen LogP contribution < -0.4 is 24.8 Å². The fourth-order valence-corrected chi connectivity index (χ4v) is 16.7. The summed E-state index contributed by atoms with van der Waals surface area (Å²) >= 11 is 2.89. The van der Waals surface area contributed by atoms with Gasteiger partial charge in [0.2, 0.25) is 0 Å². The zero-order valence-corrected chi connectivity index (χ0v) is 53.0. The molecule has 1 unspecified atom stereocenters. The Morgan fingerprint density at radius 1 is 0.878 bits per heavy atom. The molecule has 20 heteroatoms. The molecule has 7 rings (SSSR count). The third kappa shape index (κ3) is 16.6. The van der Waals surface area contributed by atoms with Crippen molar-refractivity contribution in [2.75, 3.05) is 52.0 Å². The van der Waals surface area contributed by atoms with Crippen molar-refractivity contribution in [2.24, 2.45) is 4.99 Å². The van der Waals surface area contributed by atoms with Gasteiger partial charge in [-0.05, 0) is 117 Å². The van der Waals surface area contributed by atoms with Crippen LogP contribution in [0.4, 0.5) is 26.0 Å². The predicted octanol–water partition coefficient (Wildman–Crippen LogP) is 11.8. The molecule has 0 saturated heterocycles. The van der Waals surface area contributed by atoms with Crippen molar-refractivity contribution in [2.45, 2.75) is 123 Å². The van der Waals surface area contributed by atoms with E-state index in [0.717, 1.165) is 37.0 Å². The number of aliphatic hydroxyl groups excluding tert-OH is 1. The third-order valence-corrected chi connectivity index (χ3v) is 22.4. The second-order valence-electron chi connectivity index (χ2n) is 23.3. The van der Waals surface area contributed by atoms with Gasteiger partial charge in [-0.1, -0.05) is 136 Å². The standard InChI is InChI=1S/C62H78FN7O8S2Si2/c1-44-40-54(66-67-56(44)65-59-70(43-75-38-39-81(10,11)12)50-30-19-20-31-52(50)79-59)69(36-22-25-46(42-71)78-82(62(5,6)7,47-26-15-13-16-27-47)48-28-17-14-18-29-48)58-64-55(57(72)74-9)53(80-58)32-23-37-76-51-34-33-45(41-49(51)63)24-21-35-68(8)60(73)77-61(2,3)4/h13-20,26-31,33-34,40-41,46,71H,22-23,25,32,35-39,42-43H2,1-12H3/b65-59-. The highest BCUT2D eigenvalue weighted by Crippen LogP contribution is 2.39. The maximum absolute atomic E-state index is 15.4. The number of amides is 1. The Hall–Kier alpha value is -6.58. The summed E-state index contributed by atoms with van der Waals surface area (Å²) < 4.78 is 48.7. The van der Waals surface area contributed by atoms with Gasteiger partial charge < -0.3 is 38.3 Å². The number of aliphatic hydroxyl groups is 1. The van der Waals surface area contributed by atoms with Crippen LogP contribution >= 0.6 is 22.7 Å². The molecule has 4 aromatic carbocycles. The first kappa shape index (κ1) is 63.0. The number of ether oxygens (including phenoxy) is 4. The van der Waals surface area contributed by atoms with E-state index in [4.69, 9.17) is 43.5 Å². The molecule has 1 amide bonds. The minimum Gasteiger partial charge on any atom is -0.491 e. The highest BCUT2D eigenvalue weighted by atomic mass is 32.1. The van der Waals surface area contributed by atoms with Gasteiger partial charge in [0.25, 0.3) is 8.32 Å². The minimum absolute atomic E-state index is 0.0537. The average Bonchev–Trinajstić information content (AvgIpc) is 4.17. The zero-order valence-electron chi connectivity index (χ0n) is 49.4. The van der Waals surface area contributed by atoms with Gasteiger partial charge >= 0.3 is 12.1 Å². The Balaban J connectivity index is 1.16. The summed E-state index contributed by atoms with van der Waals surface area (Å²) in [6.07, 6.45) is 0.766. The quantitative estimate of drug-likeness (QED) is 0.0264. The van der Waals surface area contributed by atoms with E-state index in [0.29, 0.717) is 72.8 Å². The van der Waals surface area contributed by atoms with Crippen molar-refractivity contribution in [3.05, 3.63) is 142 Å². The van der Waals surface area contributed by atoms with Crippen LogP contribution in [0, 0.1) is 24.6 Å². The van der Waals surface area contributed by atoms with Crippen LogP contribution in [0.5, 0.6) is 5.75 Å². The minimum atomic E-state index is -3.03. The number of rotatable bonds is 24. The van der Waals surface area contributed by atoms with E-state index < -0.39 is 46.0 Å². The number of hydrogen-bond acceptors (Lipinski definition) is 15. The molecular weight excluding hydrogens is 1110 g/mol. The second kappa shape index (κ2) is 28.1. The monoisotopic (exact) mass is 1190 g/mol. The largest absolute Gasteiger partial charge is 0.491 e. The Kier molecular flexibility index (Phi) is 21.6. The number of hydrogen-bond donors (Lipinski definition) is 1. The summed E-state index contributed by atoms with van der Waals surface area (Å²) in [6.45, 7) is 22.4. The van der Waals surface area contributed by atoms with Gasteiger partial charge in [0.1, 0.15) is 12.3 Å². The van der Waals surface area contributed by atoms with Crippen LogP contribution in [0.2, 0.25) is 30.7 Å². The normalized spacial score (nSPS) is 12.7. The molecule has 0 bridgehead atoms. The van der Waals surface area contributed by atoms with Crippen molar-refractivity contribution >= 4 is 88.5 Å². The third-order valence-electron chi connectivity index (χ3n) is 13.4. The summed E-state index contributed by atoms with van der Waals surface area (Å²) in [5.41, 5.74) is 1.72. The number of halogens is 1. The van der Waals surface area contributed by atoms with Crippen LogP contribution in [0.25, 0.3) is 10.2 Å². The summed E-state index contributed by atoms with van der Waals surface area (Å²) in [5, 5.41) is 23.1. The number of aryl methyl sites for hydroxylation is 2. The number of carbonyl (C=O) groups excluding carboxylic acids is 2. The van der Waals surface area contributed by atoms with Gasteiger partial charge in [-0.3, -0.25) is 4.57 Å². The highest BCUT2D eigenvalue weighted by molar-refractivity contribution is 7.16. The van der Waals surface area contributed by atoms with E-state index in [-0.39, 0.29) is 36.2 Å². The lowest BCUT2D eigenvalue weighted by Gasteiger charge is -2.45. The average molecular weight is 1190 g/mol. The maximum Gasteiger partial charge on any atom is 0.410 e. The van der Waals surface area contributed by atoms with Crippen LogP contribution in [0.3, 0.4) is 0 Å². The molecular formula is C62H78FN7O8S2Si2. The SMILES string of the molecule is COC(=O)c1nc(N(CCCC(CO)O[Si](c2ccccc2)(c2ccccc2)C(C)(C)C)c2cc(C)c(/N=c3\sc4ccccc4n3COCC[Si](C)(C)C)nn2)sc1CCCOc1ccc(C#CCN(C)C(=O)OC(C)(C)C)cc1F. The fraction of sp³-hybridized carbons (Fsp3) is 0.419. The van der Waals surface area contributed by atoms with Gasteiger partial charge in [0.15, 0.2) is 38.8 Å². The van der Waals surface area contributed by atoms with Crippen molar-refractivity contribution in [3.63, 3.8) is 0 Å². The van der Waals surface area contributed by atoms with Crippen LogP contribution in [0.15, 0.2) is 114 Å². The molecule has 1 atom stereocenters. The molecule has 3 aromatic heterocycles. The molecule has 436 valence electrons. The number of benzene rings is 4. The van der Waals surface area contributed by atoms with Crippen LogP contribution in [-0.4, -0.2) is 117 Å². The second-order valence-corrected chi connectivity index (χ2v) is 35.3. The van der Waals surface area contributed by atoms with Gasteiger partial charge in [0.05, 0.1) is 43.2 Å².